The monoisotopic (exact) mass is 560 g/mol. The molecule has 42 heavy (non-hydrogen) atoms. The number of ether oxygens (including phenoxy) is 2. The first-order valence-corrected chi connectivity index (χ1v) is 13.8. The molecule has 0 spiro atoms. The maximum absolute atomic E-state index is 14.3. The van der Waals surface area contributed by atoms with E-state index in [0.29, 0.717) is 29.5 Å². The molecule has 4 aromatic carbocycles. The average Bonchev–Trinajstić information content (AvgIpc) is 3.39. The Bertz CT molecular complexity index is 1740. The molecular weight excluding hydrogens is 531 g/mol. The van der Waals surface area contributed by atoms with E-state index in [1.165, 1.54) is 17.0 Å². The minimum Gasteiger partial charge on any atom is -0.496 e. The molecule has 1 fully saturated rings. The van der Waals surface area contributed by atoms with Crippen LogP contribution < -0.4 is 4.74 Å². The summed E-state index contributed by atoms with van der Waals surface area (Å²) in [6.45, 7) is 0.144. The Kier molecular flexibility index (Phi) is 7.64. The Morgan fingerprint density at radius 2 is 1.76 bits per heavy atom. The van der Waals surface area contributed by atoms with E-state index in [1.807, 2.05) is 84.9 Å². The molecule has 6 rings (SSSR count). The molecule has 1 aromatic heterocycles. The molecule has 1 aliphatic rings. The summed E-state index contributed by atoms with van der Waals surface area (Å²) in [4.78, 5) is 32.8. The van der Waals surface area contributed by atoms with Gasteiger partial charge >= 0.3 is 6.09 Å². The topological polar surface area (TPSA) is 68.7 Å². The molecule has 0 bridgehead atoms. The summed E-state index contributed by atoms with van der Waals surface area (Å²) in [5.74, 6) is -0.667. The second-order valence-corrected chi connectivity index (χ2v) is 10.3. The van der Waals surface area contributed by atoms with E-state index in [9.17, 15) is 14.0 Å². The lowest BCUT2D eigenvalue weighted by molar-refractivity contribution is -0.130. The minimum atomic E-state index is -0.675. The second-order valence-electron chi connectivity index (χ2n) is 10.3. The number of hydrogen-bond donors (Lipinski definition) is 0. The summed E-state index contributed by atoms with van der Waals surface area (Å²) < 4.78 is 25.1. The number of halogens is 1. The van der Waals surface area contributed by atoms with Crippen LogP contribution in [0, 0.1) is 5.82 Å². The largest absolute Gasteiger partial charge is 0.496 e. The fourth-order valence-corrected chi connectivity index (χ4v) is 5.64. The maximum Gasteiger partial charge on any atom is 0.417 e. The van der Waals surface area contributed by atoms with Crippen LogP contribution in [0.1, 0.15) is 22.6 Å². The highest BCUT2D eigenvalue weighted by Crippen LogP contribution is 2.33. The van der Waals surface area contributed by atoms with Crippen LogP contribution in [0.2, 0.25) is 0 Å². The van der Waals surface area contributed by atoms with Crippen molar-refractivity contribution in [3.8, 4) is 16.9 Å². The highest BCUT2D eigenvalue weighted by Gasteiger charge is 2.41. The summed E-state index contributed by atoms with van der Waals surface area (Å²) in [7, 11) is 1.60. The number of methoxy groups -OCH3 is 1. The zero-order chi connectivity index (χ0) is 29.1. The van der Waals surface area contributed by atoms with Gasteiger partial charge in [0.2, 0.25) is 5.91 Å². The van der Waals surface area contributed by atoms with Crippen LogP contribution in [-0.4, -0.2) is 41.6 Å². The van der Waals surface area contributed by atoms with Crippen molar-refractivity contribution in [2.24, 2.45) is 0 Å². The number of carbonyl (C=O) groups excluding carboxylic acids is 2. The van der Waals surface area contributed by atoms with Crippen molar-refractivity contribution >= 4 is 22.9 Å². The molecule has 0 N–H and O–H groups in total. The van der Waals surface area contributed by atoms with Crippen LogP contribution >= 0.6 is 0 Å². The first kappa shape index (κ1) is 27.1. The number of fused-ring (bicyclic) bond motifs is 1. The standard InChI is InChI=1S/C35H29FN2O4/c1-41-33-10-6-5-9-26(33)20-30(34(39)38-28(22-42-35(38)40)19-23-7-3-2-4-8-23)25-13-11-24(12-14-25)29-17-18-37-32-16-15-27(36)21-31(29)32/h2-18,21,28,30H,19-20,22H2,1H3/t28-,30-/m1/s1. The zero-order valence-corrected chi connectivity index (χ0v) is 23.1. The van der Waals surface area contributed by atoms with Crippen LogP contribution in [-0.2, 0) is 22.4 Å². The van der Waals surface area contributed by atoms with Crippen molar-refractivity contribution in [1.29, 1.82) is 0 Å². The van der Waals surface area contributed by atoms with E-state index in [2.05, 4.69) is 4.98 Å². The van der Waals surface area contributed by atoms with Crippen LogP contribution in [0.3, 0.4) is 0 Å². The van der Waals surface area contributed by atoms with E-state index < -0.39 is 18.1 Å². The van der Waals surface area contributed by atoms with Gasteiger partial charge in [-0.1, -0.05) is 72.8 Å². The Balaban J connectivity index is 1.36. The number of rotatable bonds is 8. The lowest BCUT2D eigenvalue weighted by atomic mass is 9.88. The van der Waals surface area contributed by atoms with E-state index >= 15 is 0 Å². The highest BCUT2D eigenvalue weighted by molar-refractivity contribution is 5.98. The predicted octanol–water partition coefficient (Wildman–Crippen LogP) is 6.97. The van der Waals surface area contributed by atoms with Crippen LogP contribution in [0.15, 0.2) is 109 Å². The molecule has 7 heteroatoms. The molecule has 2 atom stereocenters. The van der Waals surface area contributed by atoms with Gasteiger partial charge in [-0.15, -0.1) is 0 Å². The van der Waals surface area contributed by atoms with Crippen molar-refractivity contribution in [2.75, 3.05) is 13.7 Å². The number of carbonyl (C=O) groups is 2. The van der Waals surface area contributed by atoms with Crippen molar-refractivity contribution in [1.82, 2.24) is 9.88 Å². The Labute approximate surface area is 243 Å². The molecule has 2 amide bonds. The molecule has 0 saturated carbocycles. The SMILES string of the molecule is COc1ccccc1C[C@@H](C(=O)N1C(=O)OC[C@H]1Cc1ccccc1)c1ccc(-c2ccnc3ccc(F)cc23)cc1. The summed E-state index contributed by atoms with van der Waals surface area (Å²) in [6, 6.07) is 30.9. The molecule has 0 radical (unpaired) electrons. The van der Waals surface area contributed by atoms with Gasteiger partial charge in [-0.3, -0.25) is 9.78 Å². The summed E-state index contributed by atoms with van der Waals surface area (Å²) >= 11 is 0. The Hall–Kier alpha value is -5.04. The third-order valence-corrected chi connectivity index (χ3v) is 7.75. The van der Waals surface area contributed by atoms with Gasteiger partial charge in [0.25, 0.3) is 0 Å². The molecule has 5 aromatic rings. The van der Waals surface area contributed by atoms with Crippen molar-refractivity contribution in [3.63, 3.8) is 0 Å². The number of para-hydroxylation sites is 1. The van der Waals surface area contributed by atoms with Gasteiger partial charge in [-0.25, -0.2) is 14.1 Å². The first-order valence-electron chi connectivity index (χ1n) is 13.8. The van der Waals surface area contributed by atoms with Gasteiger partial charge in [-0.2, -0.15) is 0 Å². The molecule has 0 unspecified atom stereocenters. The number of amides is 2. The second kappa shape index (κ2) is 11.8. The minimum absolute atomic E-state index is 0.144. The van der Waals surface area contributed by atoms with Crippen molar-refractivity contribution in [2.45, 2.75) is 24.8 Å². The fraction of sp³-hybridized carbons (Fsp3) is 0.171. The van der Waals surface area contributed by atoms with Gasteiger partial charge in [0.1, 0.15) is 18.2 Å². The number of imide groups is 1. The van der Waals surface area contributed by atoms with Gasteiger partial charge in [-0.05, 0) is 71.0 Å². The maximum atomic E-state index is 14.3. The lowest BCUT2D eigenvalue weighted by Gasteiger charge is -2.26. The van der Waals surface area contributed by atoms with Crippen LogP contribution in [0.4, 0.5) is 9.18 Å². The average molecular weight is 561 g/mol. The zero-order valence-electron chi connectivity index (χ0n) is 23.1. The summed E-state index contributed by atoms with van der Waals surface area (Å²) in [5, 5.41) is 0.704. The smallest absolute Gasteiger partial charge is 0.417 e. The quantitative estimate of drug-likeness (QED) is 0.205. The molecule has 0 aliphatic carbocycles. The summed E-state index contributed by atoms with van der Waals surface area (Å²) in [5.41, 5.74) is 5.01. The molecule has 1 saturated heterocycles. The Morgan fingerprint density at radius 3 is 2.55 bits per heavy atom. The van der Waals surface area contributed by atoms with E-state index in [1.54, 1.807) is 19.4 Å². The highest BCUT2D eigenvalue weighted by atomic mass is 19.1. The van der Waals surface area contributed by atoms with Crippen molar-refractivity contribution in [3.05, 3.63) is 132 Å². The molecule has 2 heterocycles. The fourth-order valence-electron chi connectivity index (χ4n) is 5.64. The van der Waals surface area contributed by atoms with Crippen LogP contribution in [0.25, 0.3) is 22.0 Å². The molecular formula is C35H29FN2O4. The molecule has 1 aliphatic heterocycles. The first-order chi connectivity index (χ1) is 20.5. The van der Waals surface area contributed by atoms with E-state index in [-0.39, 0.29) is 18.3 Å². The van der Waals surface area contributed by atoms with Crippen molar-refractivity contribution < 1.29 is 23.5 Å². The molecule has 6 nitrogen and oxygen atoms in total. The number of hydrogen-bond acceptors (Lipinski definition) is 5. The third kappa shape index (κ3) is 5.46. The van der Waals surface area contributed by atoms with Gasteiger partial charge in [0, 0.05) is 11.6 Å². The number of pyridine rings is 1. The lowest BCUT2D eigenvalue weighted by Crippen LogP contribution is -2.43. The Morgan fingerprint density at radius 1 is 1.00 bits per heavy atom. The number of benzene rings is 4. The number of nitrogens with zero attached hydrogens (tertiary/aromatic N) is 2. The normalized spacial score (nSPS) is 15.4. The van der Waals surface area contributed by atoms with Gasteiger partial charge in [0.05, 0.1) is 24.6 Å². The predicted molar refractivity (Wildman–Crippen MR) is 159 cm³/mol. The van der Waals surface area contributed by atoms with Gasteiger partial charge < -0.3 is 9.47 Å². The number of aromatic nitrogens is 1. The van der Waals surface area contributed by atoms with E-state index in [0.717, 1.165) is 27.8 Å². The summed E-state index contributed by atoms with van der Waals surface area (Å²) in [6.07, 6.45) is 1.90. The third-order valence-electron chi connectivity index (χ3n) is 7.75. The van der Waals surface area contributed by atoms with E-state index in [4.69, 9.17) is 9.47 Å². The van der Waals surface area contributed by atoms with Crippen LogP contribution in [0.5, 0.6) is 5.75 Å². The number of cyclic esters (lactones) is 1. The molecule has 210 valence electrons. The van der Waals surface area contributed by atoms with Gasteiger partial charge in [0.15, 0.2) is 0 Å².